The van der Waals surface area contributed by atoms with E-state index in [1.165, 1.54) is 0 Å². The zero-order chi connectivity index (χ0) is 9.26. The fourth-order valence-electron chi connectivity index (χ4n) is 1.12. The summed E-state index contributed by atoms with van der Waals surface area (Å²) in [5.74, 6) is 0.486. The molecule has 0 aliphatic carbocycles. The normalized spacial score (nSPS) is 15.5. The molecule has 78 valence electrons. The summed E-state index contributed by atoms with van der Waals surface area (Å²) in [6, 6.07) is 1.87. The maximum absolute atomic E-state index is 11.4. The average Bonchev–Trinajstić information content (AvgIpc) is 2.44. The molecular weight excluding hydrogens is 206 g/mol. The average molecular weight is 218 g/mol. The van der Waals surface area contributed by atoms with Crippen molar-refractivity contribution >= 4 is 18.3 Å². The van der Waals surface area contributed by atoms with Gasteiger partial charge in [-0.15, -0.1) is 12.4 Å². The third-order valence-corrected chi connectivity index (χ3v) is 1.98. The van der Waals surface area contributed by atoms with Crippen molar-refractivity contribution in [3.63, 3.8) is 0 Å². The van der Waals surface area contributed by atoms with Gasteiger partial charge in [0, 0.05) is 19.2 Å². The number of halogens is 1. The van der Waals surface area contributed by atoms with Gasteiger partial charge in [-0.05, 0) is 6.92 Å². The van der Waals surface area contributed by atoms with Crippen LogP contribution in [0.25, 0.3) is 0 Å². The summed E-state index contributed by atoms with van der Waals surface area (Å²) < 4.78 is 4.79. The van der Waals surface area contributed by atoms with Crippen molar-refractivity contribution in [3.05, 3.63) is 17.5 Å². The van der Waals surface area contributed by atoms with Crippen LogP contribution in [0.4, 0.5) is 0 Å². The Hall–Kier alpha value is -1.07. The number of aromatic nitrogens is 1. The number of hydrogen-bond donors (Lipinski definition) is 2. The highest BCUT2D eigenvalue weighted by atomic mass is 35.5. The standard InChI is InChI=1S/C8H11N3O2.ClH/c1-5-2-7(11-13-5)8(12)10-6-3-9-4-6;/h2,6,9H,3-4H2,1H3,(H,10,12);1H. The maximum Gasteiger partial charge on any atom is 0.273 e. The summed E-state index contributed by atoms with van der Waals surface area (Å²) in [4.78, 5) is 11.4. The zero-order valence-electron chi connectivity index (χ0n) is 7.74. The van der Waals surface area contributed by atoms with E-state index in [-0.39, 0.29) is 24.4 Å². The fraction of sp³-hybridized carbons (Fsp3) is 0.500. The van der Waals surface area contributed by atoms with Crippen LogP contribution >= 0.6 is 12.4 Å². The van der Waals surface area contributed by atoms with Gasteiger partial charge < -0.3 is 15.2 Å². The van der Waals surface area contributed by atoms with E-state index in [0.717, 1.165) is 13.1 Å². The Morgan fingerprint density at radius 2 is 2.43 bits per heavy atom. The smallest absolute Gasteiger partial charge is 0.273 e. The van der Waals surface area contributed by atoms with Gasteiger partial charge in [0.2, 0.25) is 0 Å². The highest BCUT2D eigenvalue weighted by Gasteiger charge is 2.20. The summed E-state index contributed by atoms with van der Waals surface area (Å²) >= 11 is 0. The highest BCUT2D eigenvalue weighted by Crippen LogP contribution is 2.02. The lowest BCUT2D eigenvalue weighted by Gasteiger charge is -2.27. The molecule has 0 radical (unpaired) electrons. The second kappa shape index (κ2) is 4.43. The van der Waals surface area contributed by atoms with Gasteiger partial charge in [0.15, 0.2) is 5.69 Å². The molecule has 5 nitrogen and oxygen atoms in total. The van der Waals surface area contributed by atoms with Gasteiger partial charge in [0.05, 0.1) is 6.04 Å². The van der Waals surface area contributed by atoms with Gasteiger partial charge in [-0.2, -0.15) is 0 Å². The SMILES string of the molecule is Cc1cc(C(=O)NC2CNC2)no1.Cl. The minimum atomic E-state index is -0.164. The number of rotatable bonds is 2. The van der Waals surface area contributed by atoms with Crippen LogP contribution in [0.3, 0.4) is 0 Å². The molecule has 0 aromatic carbocycles. The van der Waals surface area contributed by atoms with E-state index < -0.39 is 0 Å². The molecule has 1 amide bonds. The molecular formula is C8H12ClN3O2. The van der Waals surface area contributed by atoms with Crippen LogP contribution in [0.5, 0.6) is 0 Å². The topological polar surface area (TPSA) is 67.2 Å². The Kier molecular flexibility index (Phi) is 3.49. The Bertz CT molecular complexity index is 322. The number of hydrogen-bond acceptors (Lipinski definition) is 4. The van der Waals surface area contributed by atoms with E-state index >= 15 is 0 Å². The molecule has 2 heterocycles. The summed E-state index contributed by atoms with van der Waals surface area (Å²) in [7, 11) is 0. The summed E-state index contributed by atoms with van der Waals surface area (Å²) in [6.45, 7) is 3.43. The number of aryl methyl sites for hydroxylation is 1. The first-order valence-corrected chi connectivity index (χ1v) is 4.20. The predicted molar refractivity (Wildman–Crippen MR) is 52.6 cm³/mol. The number of carbonyl (C=O) groups excluding carboxylic acids is 1. The monoisotopic (exact) mass is 217 g/mol. The summed E-state index contributed by atoms with van der Waals surface area (Å²) in [5, 5.41) is 9.51. The number of amides is 1. The van der Waals surface area contributed by atoms with E-state index in [4.69, 9.17) is 4.52 Å². The fourth-order valence-corrected chi connectivity index (χ4v) is 1.12. The first kappa shape index (κ1) is 11.0. The molecule has 2 rings (SSSR count). The molecule has 0 saturated carbocycles. The second-order valence-electron chi connectivity index (χ2n) is 3.15. The van der Waals surface area contributed by atoms with Crippen LogP contribution in [0.15, 0.2) is 10.6 Å². The van der Waals surface area contributed by atoms with Gasteiger partial charge in [0.25, 0.3) is 5.91 Å². The zero-order valence-corrected chi connectivity index (χ0v) is 8.56. The van der Waals surface area contributed by atoms with Gasteiger partial charge in [-0.1, -0.05) is 5.16 Å². The first-order chi connectivity index (χ1) is 6.25. The van der Waals surface area contributed by atoms with Crippen molar-refractivity contribution in [2.75, 3.05) is 13.1 Å². The predicted octanol–water partition coefficient (Wildman–Crippen LogP) is 0.106. The van der Waals surface area contributed by atoms with E-state index in [9.17, 15) is 4.79 Å². The van der Waals surface area contributed by atoms with Crippen LogP contribution in [-0.4, -0.2) is 30.2 Å². The molecule has 0 atom stereocenters. The highest BCUT2D eigenvalue weighted by molar-refractivity contribution is 5.92. The Morgan fingerprint density at radius 1 is 1.71 bits per heavy atom. The van der Waals surface area contributed by atoms with Crippen LogP contribution in [0.1, 0.15) is 16.2 Å². The molecule has 6 heteroatoms. The Labute approximate surface area is 87.6 Å². The molecule has 1 aromatic heterocycles. The van der Waals surface area contributed by atoms with Gasteiger partial charge in [-0.3, -0.25) is 4.79 Å². The van der Waals surface area contributed by atoms with Crippen LogP contribution < -0.4 is 10.6 Å². The maximum atomic E-state index is 11.4. The quantitative estimate of drug-likeness (QED) is 0.738. The van der Waals surface area contributed by atoms with Crippen LogP contribution in [0.2, 0.25) is 0 Å². The lowest BCUT2D eigenvalue weighted by atomic mass is 10.2. The van der Waals surface area contributed by atoms with E-state index in [2.05, 4.69) is 15.8 Å². The Balaban J connectivity index is 0.000000980. The molecule has 1 aromatic rings. The van der Waals surface area contributed by atoms with Crippen molar-refractivity contribution in [2.24, 2.45) is 0 Å². The molecule has 0 bridgehead atoms. The van der Waals surface area contributed by atoms with E-state index in [0.29, 0.717) is 11.5 Å². The molecule has 14 heavy (non-hydrogen) atoms. The molecule has 0 unspecified atom stereocenters. The molecule has 1 aliphatic rings. The van der Waals surface area contributed by atoms with Gasteiger partial charge in [0.1, 0.15) is 5.76 Å². The minimum Gasteiger partial charge on any atom is -0.361 e. The third-order valence-electron chi connectivity index (χ3n) is 1.98. The lowest BCUT2D eigenvalue weighted by Crippen LogP contribution is -2.56. The molecule has 1 fully saturated rings. The van der Waals surface area contributed by atoms with E-state index in [1.807, 2.05) is 0 Å². The molecule has 1 aliphatic heterocycles. The van der Waals surface area contributed by atoms with Crippen LogP contribution in [-0.2, 0) is 0 Å². The second-order valence-corrected chi connectivity index (χ2v) is 3.15. The first-order valence-electron chi connectivity index (χ1n) is 4.20. The van der Waals surface area contributed by atoms with Crippen LogP contribution in [0, 0.1) is 6.92 Å². The summed E-state index contributed by atoms with van der Waals surface area (Å²) in [5.41, 5.74) is 0.351. The molecule has 2 N–H and O–H groups in total. The third kappa shape index (κ3) is 2.24. The van der Waals surface area contributed by atoms with Crippen molar-refractivity contribution in [2.45, 2.75) is 13.0 Å². The minimum absolute atomic E-state index is 0. The number of nitrogens with one attached hydrogen (secondary N) is 2. The number of nitrogens with zero attached hydrogens (tertiary/aromatic N) is 1. The number of carbonyl (C=O) groups is 1. The lowest BCUT2D eigenvalue weighted by molar-refractivity contribution is 0.0914. The molecule has 1 saturated heterocycles. The van der Waals surface area contributed by atoms with Crippen molar-refractivity contribution in [1.29, 1.82) is 0 Å². The van der Waals surface area contributed by atoms with Crippen molar-refractivity contribution in [1.82, 2.24) is 15.8 Å². The largest absolute Gasteiger partial charge is 0.361 e. The van der Waals surface area contributed by atoms with Gasteiger partial charge >= 0.3 is 0 Å². The van der Waals surface area contributed by atoms with E-state index in [1.54, 1.807) is 13.0 Å². The van der Waals surface area contributed by atoms with Crippen molar-refractivity contribution in [3.8, 4) is 0 Å². The Morgan fingerprint density at radius 3 is 2.86 bits per heavy atom. The van der Waals surface area contributed by atoms with Gasteiger partial charge in [-0.25, -0.2) is 0 Å². The summed E-state index contributed by atoms with van der Waals surface area (Å²) in [6.07, 6.45) is 0. The molecule has 0 spiro atoms. The van der Waals surface area contributed by atoms with Crippen molar-refractivity contribution < 1.29 is 9.32 Å².